The number of nitrogens with one attached hydrogen (secondary N) is 1. The summed E-state index contributed by atoms with van der Waals surface area (Å²) in [4.78, 5) is 28.4. The van der Waals surface area contributed by atoms with Gasteiger partial charge in [0, 0.05) is 12.4 Å². The van der Waals surface area contributed by atoms with E-state index in [0.29, 0.717) is 0 Å². The maximum atomic E-state index is 13.1. The van der Waals surface area contributed by atoms with Crippen molar-refractivity contribution in [2.45, 2.75) is 6.18 Å². The SMILES string of the molecule is COC(=O)c1ccccc1Nc1ccc(C(F)(F)F)cc1C(=O)n1ccnc1. The van der Waals surface area contributed by atoms with Crippen LogP contribution in [0.3, 0.4) is 0 Å². The molecular formula is C19H14F3N3O3. The van der Waals surface area contributed by atoms with Gasteiger partial charge in [0.2, 0.25) is 0 Å². The van der Waals surface area contributed by atoms with Gasteiger partial charge in [0.05, 0.1) is 35.2 Å². The smallest absolute Gasteiger partial charge is 0.416 e. The van der Waals surface area contributed by atoms with Crippen molar-refractivity contribution in [3.63, 3.8) is 0 Å². The lowest BCUT2D eigenvalue weighted by atomic mass is 10.1. The second-order valence-corrected chi connectivity index (χ2v) is 5.70. The fourth-order valence-electron chi connectivity index (χ4n) is 2.55. The number of methoxy groups -OCH3 is 1. The number of carbonyl (C=O) groups excluding carboxylic acids is 2. The highest BCUT2D eigenvalue weighted by Gasteiger charge is 2.32. The lowest BCUT2D eigenvalue weighted by Gasteiger charge is -2.16. The summed E-state index contributed by atoms with van der Waals surface area (Å²) in [5.41, 5.74) is -0.641. The molecule has 0 saturated heterocycles. The molecule has 0 radical (unpaired) electrons. The molecule has 6 nitrogen and oxygen atoms in total. The third-order valence-electron chi connectivity index (χ3n) is 3.92. The summed E-state index contributed by atoms with van der Waals surface area (Å²) in [5, 5.41) is 2.86. The molecule has 9 heteroatoms. The number of aromatic nitrogens is 2. The highest BCUT2D eigenvalue weighted by Crippen LogP contribution is 2.33. The van der Waals surface area contributed by atoms with Gasteiger partial charge in [-0.15, -0.1) is 0 Å². The number of imidazole rings is 1. The Morgan fingerprint density at radius 1 is 1.07 bits per heavy atom. The minimum absolute atomic E-state index is 0.100. The van der Waals surface area contributed by atoms with Crippen LogP contribution in [-0.4, -0.2) is 28.5 Å². The number of benzene rings is 2. The molecule has 0 amide bonds. The quantitative estimate of drug-likeness (QED) is 0.680. The Balaban J connectivity index is 2.09. The van der Waals surface area contributed by atoms with Gasteiger partial charge in [-0.3, -0.25) is 9.36 Å². The predicted octanol–water partition coefficient (Wildman–Crippen LogP) is 4.12. The van der Waals surface area contributed by atoms with E-state index >= 15 is 0 Å². The van der Waals surface area contributed by atoms with Crippen LogP contribution >= 0.6 is 0 Å². The molecule has 1 N–H and O–H groups in total. The number of carbonyl (C=O) groups is 2. The number of halogens is 3. The molecular weight excluding hydrogens is 375 g/mol. The van der Waals surface area contributed by atoms with E-state index in [0.717, 1.165) is 22.8 Å². The van der Waals surface area contributed by atoms with Gasteiger partial charge in [-0.1, -0.05) is 12.1 Å². The minimum atomic E-state index is -4.62. The van der Waals surface area contributed by atoms with Gasteiger partial charge in [0.25, 0.3) is 5.91 Å². The lowest BCUT2D eigenvalue weighted by Crippen LogP contribution is -2.15. The Labute approximate surface area is 157 Å². The van der Waals surface area contributed by atoms with E-state index in [1.54, 1.807) is 18.2 Å². The Morgan fingerprint density at radius 3 is 2.43 bits per heavy atom. The molecule has 144 valence electrons. The Morgan fingerprint density at radius 2 is 1.79 bits per heavy atom. The first-order valence-corrected chi connectivity index (χ1v) is 7.99. The van der Waals surface area contributed by atoms with Gasteiger partial charge in [-0.2, -0.15) is 13.2 Å². The van der Waals surface area contributed by atoms with Crippen LogP contribution < -0.4 is 5.32 Å². The van der Waals surface area contributed by atoms with E-state index < -0.39 is 23.6 Å². The predicted molar refractivity (Wildman–Crippen MR) is 94.5 cm³/mol. The van der Waals surface area contributed by atoms with Crippen molar-refractivity contribution in [1.29, 1.82) is 0 Å². The Hall–Kier alpha value is -3.62. The molecule has 0 bridgehead atoms. The topological polar surface area (TPSA) is 73.2 Å². The maximum absolute atomic E-state index is 13.1. The summed E-state index contributed by atoms with van der Waals surface area (Å²) in [6.45, 7) is 0. The lowest BCUT2D eigenvalue weighted by molar-refractivity contribution is -0.137. The molecule has 0 atom stereocenters. The number of alkyl halides is 3. The molecule has 0 fully saturated rings. The summed E-state index contributed by atoms with van der Waals surface area (Å²) in [6, 6.07) is 9.04. The summed E-state index contributed by atoms with van der Waals surface area (Å²) in [6.07, 6.45) is -0.763. The molecule has 0 spiro atoms. The summed E-state index contributed by atoms with van der Waals surface area (Å²) >= 11 is 0. The Bertz CT molecular complexity index is 1010. The van der Waals surface area contributed by atoms with E-state index in [1.165, 1.54) is 31.9 Å². The first-order valence-electron chi connectivity index (χ1n) is 7.99. The summed E-state index contributed by atoms with van der Waals surface area (Å²) in [7, 11) is 1.21. The molecule has 2 aromatic carbocycles. The van der Waals surface area contributed by atoms with Crippen molar-refractivity contribution in [1.82, 2.24) is 9.55 Å². The fourth-order valence-corrected chi connectivity index (χ4v) is 2.55. The average Bonchev–Trinajstić information content (AvgIpc) is 3.21. The molecule has 3 rings (SSSR count). The van der Waals surface area contributed by atoms with Gasteiger partial charge < -0.3 is 10.1 Å². The number of ether oxygens (including phenoxy) is 1. The molecule has 0 unspecified atom stereocenters. The van der Waals surface area contributed by atoms with Crippen molar-refractivity contribution < 1.29 is 27.5 Å². The van der Waals surface area contributed by atoms with Gasteiger partial charge in [0.15, 0.2) is 0 Å². The number of rotatable bonds is 4. The third-order valence-corrected chi connectivity index (χ3v) is 3.92. The van der Waals surface area contributed by atoms with E-state index in [4.69, 9.17) is 4.74 Å². The molecule has 28 heavy (non-hydrogen) atoms. The van der Waals surface area contributed by atoms with Crippen molar-refractivity contribution in [3.8, 4) is 0 Å². The fraction of sp³-hybridized carbons (Fsp3) is 0.105. The highest BCUT2D eigenvalue weighted by atomic mass is 19.4. The standard InChI is InChI=1S/C19H14F3N3O3/c1-28-18(27)13-4-2-3-5-15(13)24-16-7-6-12(19(20,21)22)10-14(16)17(26)25-9-8-23-11-25/h2-11,24H,1H3. The molecule has 0 aliphatic rings. The van der Waals surface area contributed by atoms with Crippen molar-refractivity contribution in [2.75, 3.05) is 12.4 Å². The number of esters is 1. The van der Waals surface area contributed by atoms with Crippen LogP contribution in [0.25, 0.3) is 0 Å². The normalized spacial score (nSPS) is 11.1. The minimum Gasteiger partial charge on any atom is -0.465 e. The van der Waals surface area contributed by atoms with Gasteiger partial charge >= 0.3 is 12.1 Å². The third kappa shape index (κ3) is 3.88. The van der Waals surface area contributed by atoms with Gasteiger partial charge in [-0.25, -0.2) is 9.78 Å². The van der Waals surface area contributed by atoms with Gasteiger partial charge in [0.1, 0.15) is 6.33 Å². The molecule has 0 aliphatic heterocycles. The van der Waals surface area contributed by atoms with Crippen LogP contribution in [0.2, 0.25) is 0 Å². The average molecular weight is 389 g/mol. The number of hydrogen-bond donors (Lipinski definition) is 1. The zero-order valence-electron chi connectivity index (χ0n) is 14.5. The summed E-state index contributed by atoms with van der Waals surface area (Å²) < 4.78 is 45.2. The van der Waals surface area contributed by atoms with E-state index in [2.05, 4.69) is 10.3 Å². The number of para-hydroxylation sites is 1. The highest BCUT2D eigenvalue weighted by molar-refractivity contribution is 6.03. The molecule has 0 saturated carbocycles. The van der Waals surface area contributed by atoms with Crippen LogP contribution in [-0.2, 0) is 10.9 Å². The second-order valence-electron chi connectivity index (χ2n) is 5.70. The zero-order chi connectivity index (χ0) is 20.3. The van der Waals surface area contributed by atoms with Gasteiger partial charge in [-0.05, 0) is 30.3 Å². The first-order chi connectivity index (χ1) is 13.3. The number of hydrogen-bond acceptors (Lipinski definition) is 5. The van der Waals surface area contributed by atoms with Crippen molar-refractivity contribution >= 4 is 23.3 Å². The van der Waals surface area contributed by atoms with E-state index in [-0.39, 0.29) is 22.5 Å². The molecule has 3 aromatic rings. The molecule has 1 heterocycles. The van der Waals surface area contributed by atoms with Crippen LogP contribution in [0, 0.1) is 0 Å². The summed E-state index contributed by atoms with van der Waals surface area (Å²) in [5.74, 6) is -1.33. The number of anilines is 2. The Kier molecular flexibility index (Phi) is 5.16. The van der Waals surface area contributed by atoms with E-state index in [1.807, 2.05) is 0 Å². The molecule has 0 aliphatic carbocycles. The zero-order valence-corrected chi connectivity index (χ0v) is 14.5. The van der Waals surface area contributed by atoms with Crippen LogP contribution in [0.5, 0.6) is 0 Å². The second kappa shape index (κ2) is 7.55. The number of nitrogens with zero attached hydrogens (tertiary/aromatic N) is 2. The van der Waals surface area contributed by atoms with Crippen LogP contribution in [0.4, 0.5) is 24.5 Å². The van der Waals surface area contributed by atoms with Crippen LogP contribution in [0.1, 0.15) is 26.3 Å². The largest absolute Gasteiger partial charge is 0.465 e. The van der Waals surface area contributed by atoms with Crippen LogP contribution in [0.15, 0.2) is 61.2 Å². The maximum Gasteiger partial charge on any atom is 0.416 e. The molecule has 1 aromatic heterocycles. The van der Waals surface area contributed by atoms with Crippen molar-refractivity contribution in [2.24, 2.45) is 0 Å². The monoisotopic (exact) mass is 389 g/mol. The van der Waals surface area contributed by atoms with Crippen molar-refractivity contribution in [3.05, 3.63) is 77.9 Å². The first kappa shape index (κ1) is 19.2. The van der Waals surface area contributed by atoms with E-state index in [9.17, 15) is 22.8 Å².